The van der Waals surface area contributed by atoms with Gasteiger partial charge in [-0.05, 0) is 31.2 Å². The van der Waals surface area contributed by atoms with Gasteiger partial charge in [-0.3, -0.25) is 0 Å². The van der Waals surface area contributed by atoms with Gasteiger partial charge in [0.25, 0.3) is 0 Å². The van der Waals surface area contributed by atoms with Gasteiger partial charge in [-0.1, -0.05) is 56.0 Å². The first kappa shape index (κ1) is 15.8. The molecule has 0 amide bonds. The lowest BCUT2D eigenvalue weighted by atomic mass is 9.63. The molecule has 1 aliphatic carbocycles. The molecule has 0 aromatic heterocycles. The smallest absolute Gasteiger partial charge is 0.355 e. The zero-order chi connectivity index (χ0) is 15.4. The monoisotopic (exact) mass is 321 g/mol. The van der Waals surface area contributed by atoms with E-state index in [0.717, 1.165) is 32.2 Å². The summed E-state index contributed by atoms with van der Waals surface area (Å²) in [5.41, 5.74) is 0.759. The number of hydrogen-bond donors (Lipinski definition) is 0. The van der Waals surface area contributed by atoms with Crippen molar-refractivity contribution in [2.45, 2.75) is 62.8 Å². The second kappa shape index (κ2) is 7.01. The van der Waals surface area contributed by atoms with Gasteiger partial charge >= 0.3 is 5.43 Å². The second-order valence-electron chi connectivity index (χ2n) is 6.56. The fourth-order valence-electron chi connectivity index (χ4n) is 4.43. The van der Waals surface area contributed by atoms with Crippen molar-refractivity contribution in [1.82, 2.24) is 5.06 Å². The average molecular weight is 322 g/mol. The highest BCUT2D eigenvalue weighted by Crippen LogP contribution is 2.46. The number of nitrogens with zero attached hydrogens (tertiary/aromatic N) is 1. The number of benzene rings is 1. The molecule has 1 aliphatic heterocycles. The standard InChI is InChI=1S/C18H24ClNO2/c19-17(21)22-20-14-8-5-11-16(20)18(12-6-2-7-13-18)15-9-3-1-4-10-15/h1,3-4,9-10,16H,2,5-8,11-14H2. The predicted octanol–water partition coefficient (Wildman–Crippen LogP) is 5.03. The van der Waals surface area contributed by atoms with E-state index >= 15 is 0 Å². The summed E-state index contributed by atoms with van der Waals surface area (Å²) in [5.74, 6) is 0. The van der Waals surface area contributed by atoms with Crippen LogP contribution in [-0.4, -0.2) is 23.1 Å². The van der Waals surface area contributed by atoms with Crippen molar-refractivity contribution in [3.63, 3.8) is 0 Å². The van der Waals surface area contributed by atoms with Crippen LogP contribution in [0.1, 0.15) is 56.9 Å². The van der Waals surface area contributed by atoms with Gasteiger partial charge in [-0.25, -0.2) is 4.79 Å². The minimum atomic E-state index is -0.717. The summed E-state index contributed by atoms with van der Waals surface area (Å²) in [4.78, 5) is 16.6. The van der Waals surface area contributed by atoms with Gasteiger partial charge in [0.2, 0.25) is 0 Å². The van der Waals surface area contributed by atoms with Crippen molar-refractivity contribution in [3.8, 4) is 0 Å². The van der Waals surface area contributed by atoms with Crippen molar-refractivity contribution in [2.24, 2.45) is 0 Å². The second-order valence-corrected chi connectivity index (χ2v) is 6.87. The number of rotatable bonds is 3. The third-order valence-corrected chi connectivity index (χ3v) is 5.44. The first-order valence-corrected chi connectivity index (χ1v) is 8.80. The molecule has 1 saturated carbocycles. The average Bonchev–Trinajstić information content (AvgIpc) is 2.56. The molecule has 0 N–H and O–H groups in total. The molecule has 1 atom stereocenters. The van der Waals surface area contributed by atoms with Crippen LogP contribution in [0.4, 0.5) is 4.79 Å². The summed E-state index contributed by atoms with van der Waals surface area (Å²) in [7, 11) is 0. The molecule has 3 nitrogen and oxygen atoms in total. The first-order chi connectivity index (χ1) is 10.7. The van der Waals surface area contributed by atoms with Crippen molar-refractivity contribution >= 4 is 17.0 Å². The van der Waals surface area contributed by atoms with Gasteiger partial charge in [0.05, 0.1) is 6.04 Å². The molecular weight excluding hydrogens is 298 g/mol. The molecule has 3 rings (SSSR count). The maximum Gasteiger partial charge on any atom is 0.422 e. The fraction of sp³-hybridized carbons (Fsp3) is 0.611. The fourth-order valence-corrected chi connectivity index (χ4v) is 4.51. The van der Waals surface area contributed by atoms with E-state index < -0.39 is 5.43 Å². The Morgan fingerprint density at radius 1 is 1.09 bits per heavy atom. The molecule has 2 aliphatic rings. The van der Waals surface area contributed by atoms with Gasteiger partial charge in [-0.2, -0.15) is 0 Å². The third kappa shape index (κ3) is 3.16. The highest BCUT2D eigenvalue weighted by atomic mass is 35.5. The zero-order valence-electron chi connectivity index (χ0n) is 13.0. The molecule has 4 heteroatoms. The highest BCUT2D eigenvalue weighted by molar-refractivity contribution is 6.61. The van der Waals surface area contributed by atoms with Crippen molar-refractivity contribution in [2.75, 3.05) is 6.54 Å². The Bertz CT molecular complexity index is 499. The van der Waals surface area contributed by atoms with Gasteiger partial charge in [0.15, 0.2) is 0 Å². The van der Waals surface area contributed by atoms with E-state index in [4.69, 9.17) is 16.4 Å². The summed E-state index contributed by atoms with van der Waals surface area (Å²) in [6.45, 7) is 0.789. The predicted molar refractivity (Wildman–Crippen MR) is 87.9 cm³/mol. The molecule has 1 aromatic rings. The molecule has 2 fully saturated rings. The third-order valence-electron chi connectivity index (χ3n) is 5.38. The lowest BCUT2D eigenvalue weighted by molar-refractivity contribution is -0.161. The summed E-state index contributed by atoms with van der Waals surface area (Å²) in [6.07, 6.45) is 9.44. The van der Waals surface area contributed by atoms with Crippen LogP contribution in [0.5, 0.6) is 0 Å². The van der Waals surface area contributed by atoms with Gasteiger partial charge in [-0.15, -0.1) is 5.06 Å². The Morgan fingerprint density at radius 3 is 2.50 bits per heavy atom. The lowest BCUT2D eigenvalue weighted by Crippen LogP contribution is -2.54. The van der Waals surface area contributed by atoms with Crippen LogP contribution in [0.25, 0.3) is 0 Å². The molecule has 1 unspecified atom stereocenters. The Labute approximate surface area is 137 Å². The van der Waals surface area contributed by atoms with E-state index in [9.17, 15) is 4.79 Å². The number of hydrogen-bond acceptors (Lipinski definition) is 3. The van der Waals surface area contributed by atoms with E-state index in [1.807, 2.05) is 5.06 Å². The van der Waals surface area contributed by atoms with Gasteiger partial charge in [0, 0.05) is 23.6 Å². The van der Waals surface area contributed by atoms with Crippen LogP contribution >= 0.6 is 11.6 Å². The summed E-state index contributed by atoms with van der Waals surface area (Å²) in [6, 6.07) is 11.0. The lowest BCUT2D eigenvalue weighted by Gasteiger charge is -2.49. The van der Waals surface area contributed by atoms with Crippen molar-refractivity contribution < 1.29 is 9.63 Å². The van der Waals surface area contributed by atoms with Crippen LogP contribution in [-0.2, 0) is 10.3 Å². The first-order valence-electron chi connectivity index (χ1n) is 8.42. The Hall–Kier alpha value is -1.06. The molecule has 0 bridgehead atoms. The Morgan fingerprint density at radius 2 is 1.82 bits per heavy atom. The van der Waals surface area contributed by atoms with E-state index in [1.54, 1.807) is 0 Å². The molecular formula is C18H24ClNO2. The van der Waals surface area contributed by atoms with Crippen LogP contribution in [0.3, 0.4) is 0 Å². The van der Waals surface area contributed by atoms with E-state index in [0.29, 0.717) is 0 Å². The largest absolute Gasteiger partial charge is 0.422 e. The summed E-state index contributed by atoms with van der Waals surface area (Å²) >= 11 is 5.50. The van der Waals surface area contributed by atoms with Crippen molar-refractivity contribution in [1.29, 1.82) is 0 Å². The minimum Gasteiger partial charge on any atom is -0.355 e. The van der Waals surface area contributed by atoms with E-state index in [-0.39, 0.29) is 11.5 Å². The van der Waals surface area contributed by atoms with Crippen LogP contribution in [0.2, 0.25) is 0 Å². The number of carbonyl (C=O) groups is 1. The molecule has 1 heterocycles. The quantitative estimate of drug-likeness (QED) is 0.731. The maximum absolute atomic E-state index is 11.3. The maximum atomic E-state index is 11.3. The zero-order valence-corrected chi connectivity index (χ0v) is 13.7. The summed E-state index contributed by atoms with van der Waals surface area (Å²) < 4.78 is 0. The molecule has 120 valence electrons. The van der Waals surface area contributed by atoms with Crippen LogP contribution in [0, 0.1) is 0 Å². The van der Waals surface area contributed by atoms with Gasteiger partial charge < -0.3 is 4.84 Å². The van der Waals surface area contributed by atoms with Gasteiger partial charge in [0.1, 0.15) is 0 Å². The molecule has 0 radical (unpaired) electrons. The number of halogens is 1. The van der Waals surface area contributed by atoms with Crippen molar-refractivity contribution in [3.05, 3.63) is 35.9 Å². The topological polar surface area (TPSA) is 29.5 Å². The molecule has 0 spiro atoms. The minimum absolute atomic E-state index is 0.0896. The number of hydroxylamine groups is 2. The highest BCUT2D eigenvalue weighted by Gasteiger charge is 2.46. The molecule has 1 aromatic carbocycles. The van der Waals surface area contributed by atoms with E-state index in [1.165, 1.54) is 31.2 Å². The van der Waals surface area contributed by atoms with Crippen LogP contribution < -0.4 is 0 Å². The van der Waals surface area contributed by atoms with E-state index in [2.05, 4.69) is 30.3 Å². The SMILES string of the molecule is O=C(Cl)ON1CCCCC1C1(c2ccccc2)CCCCC1. The van der Waals surface area contributed by atoms with Crippen LogP contribution in [0.15, 0.2) is 30.3 Å². The Kier molecular flexibility index (Phi) is 5.04. The molecule has 1 saturated heterocycles. The normalized spacial score (nSPS) is 25.6. The Balaban J connectivity index is 1.95. The molecule has 22 heavy (non-hydrogen) atoms. The summed E-state index contributed by atoms with van der Waals surface area (Å²) in [5, 5.41) is 1.87. The number of carbonyl (C=O) groups excluding carboxylic acids is 1. The number of piperidine rings is 1.